The summed E-state index contributed by atoms with van der Waals surface area (Å²) in [6.45, 7) is 3.17. The summed E-state index contributed by atoms with van der Waals surface area (Å²) in [5.41, 5.74) is 0. The lowest BCUT2D eigenvalue weighted by Gasteiger charge is -2.41. The number of allylic oxidation sites excluding steroid dienone is 10. The van der Waals surface area contributed by atoms with E-state index in [9.17, 15) is 44.6 Å². The van der Waals surface area contributed by atoms with Gasteiger partial charge in [0, 0.05) is 12.8 Å². The topological polar surface area (TPSA) is 210 Å². The number of phosphoric acid groups is 1. The average Bonchev–Trinajstić information content (AvgIpc) is 3.29. The van der Waals surface area contributed by atoms with Crippen LogP contribution in [-0.4, -0.2) is 98.3 Å². The van der Waals surface area contributed by atoms with Crippen molar-refractivity contribution < 1.29 is 63.1 Å². The summed E-state index contributed by atoms with van der Waals surface area (Å²) >= 11 is 0. The van der Waals surface area contributed by atoms with E-state index in [-0.39, 0.29) is 12.8 Å². The zero-order valence-electron chi connectivity index (χ0n) is 40.0. The molecule has 376 valence electrons. The van der Waals surface area contributed by atoms with Crippen molar-refractivity contribution in [1.82, 2.24) is 0 Å². The number of ether oxygens (including phenoxy) is 2. The molecule has 0 aliphatic heterocycles. The lowest BCUT2D eigenvalue weighted by atomic mass is 9.85. The second kappa shape index (κ2) is 40.6. The molecule has 1 fully saturated rings. The first kappa shape index (κ1) is 60.6. The molecule has 0 aromatic rings. The Labute approximate surface area is 392 Å². The summed E-state index contributed by atoms with van der Waals surface area (Å²) in [5, 5.41) is 50.2. The summed E-state index contributed by atoms with van der Waals surface area (Å²) in [4.78, 5) is 35.8. The number of aliphatic hydroxyl groups excluding tert-OH is 5. The van der Waals surface area contributed by atoms with E-state index < -0.39 is 75.7 Å². The van der Waals surface area contributed by atoms with Crippen molar-refractivity contribution in [3.05, 3.63) is 60.8 Å². The predicted molar refractivity (Wildman–Crippen MR) is 258 cm³/mol. The molecule has 0 saturated heterocycles. The van der Waals surface area contributed by atoms with E-state index in [4.69, 9.17) is 18.5 Å². The quantitative estimate of drug-likeness (QED) is 0.0146. The van der Waals surface area contributed by atoms with Crippen LogP contribution in [0, 0.1) is 0 Å². The van der Waals surface area contributed by atoms with Gasteiger partial charge in [0.25, 0.3) is 0 Å². The fraction of sp³-hybridized carbons (Fsp3) is 0.765. The maximum Gasteiger partial charge on any atom is 0.472 e. The van der Waals surface area contributed by atoms with Gasteiger partial charge in [-0.2, -0.15) is 0 Å². The van der Waals surface area contributed by atoms with E-state index in [1.165, 1.54) is 51.4 Å². The minimum absolute atomic E-state index is 0.0825. The number of carbonyl (C=O) groups excluding carboxylic acids is 2. The molecule has 0 spiro atoms. The number of aliphatic hydroxyl groups is 5. The highest BCUT2D eigenvalue weighted by molar-refractivity contribution is 7.47. The van der Waals surface area contributed by atoms with E-state index in [0.29, 0.717) is 12.8 Å². The fourth-order valence-corrected chi connectivity index (χ4v) is 8.30. The van der Waals surface area contributed by atoms with Gasteiger partial charge < -0.3 is 39.9 Å². The minimum atomic E-state index is -5.13. The van der Waals surface area contributed by atoms with E-state index in [1.807, 2.05) is 0 Å². The van der Waals surface area contributed by atoms with E-state index in [2.05, 4.69) is 74.6 Å². The minimum Gasteiger partial charge on any atom is -0.462 e. The first-order chi connectivity index (χ1) is 31.4. The van der Waals surface area contributed by atoms with Crippen LogP contribution in [0.15, 0.2) is 60.8 Å². The fourth-order valence-electron chi connectivity index (χ4n) is 7.33. The molecule has 0 radical (unpaired) electrons. The Balaban J connectivity index is 2.42. The van der Waals surface area contributed by atoms with Crippen molar-refractivity contribution in [2.24, 2.45) is 0 Å². The van der Waals surface area contributed by atoms with Gasteiger partial charge in [-0.15, -0.1) is 0 Å². The van der Waals surface area contributed by atoms with Crippen LogP contribution >= 0.6 is 7.82 Å². The molecule has 14 heteroatoms. The molecular weight excluding hydrogens is 852 g/mol. The Morgan fingerprint density at radius 2 is 0.877 bits per heavy atom. The lowest BCUT2D eigenvalue weighted by molar-refractivity contribution is -0.220. The molecule has 6 atom stereocenters. The third-order valence-electron chi connectivity index (χ3n) is 11.3. The summed E-state index contributed by atoms with van der Waals surface area (Å²) in [5.74, 6) is -1.12. The van der Waals surface area contributed by atoms with Crippen LogP contribution in [0.5, 0.6) is 0 Å². The van der Waals surface area contributed by atoms with Crippen LogP contribution in [0.1, 0.15) is 194 Å². The molecule has 1 aliphatic carbocycles. The van der Waals surface area contributed by atoms with Gasteiger partial charge >= 0.3 is 19.8 Å². The van der Waals surface area contributed by atoms with Crippen LogP contribution in [-0.2, 0) is 32.7 Å². The van der Waals surface area contributed by atoms with E-state index >= 15 is 0 Å². The Kier molecular flexibility index (Phi) is 37.8. The van der Waals surface area contributed by atoms with Gasteiger partial charge in [-0.25, -0.2) is 4.57 Å². The Hall–Kier alpha value is -2.45. The molecule has 1 rings (SSSR count). The predicted octanol–water partition coefficient (Wildman–Crippen LogP) is 10.5. The number of esters is 2. The molecule has 13 nitrogen and oxygen atoms in total. The lowest BCUT2D eigenvalue weighted by Crippen LogP contribution is -2.64. The summed E-state index contributed by atoms with van der Waals surface area (Å²) in [6.07, 6.45) is 36.9. The number of hydrogen-bond acceptors (Lipinski definition) is 12. The van der Waals surface area contributed by atoms with Crippen molar-refractivity contribution in [1.29, 1.82) is 0 Å². The van der Waals surface area contributed by atoms with Gasteiger partial charge in [0.05, 0.1) is 6.61 Å². The highest BCUT2D eigenvalue weighted by Crippen LogP contribution is 2.47. The zero-order valence-corrected chi connectivity index (χ0v) is 40.9. The van der Waals surface area contributed by atoms with Gasteiger partial charge in [0.2, 0.25) is 0 Å². The Morgan fingerprint density at radius 1 is 0.492 bits per heavy atom. The van der Waals surface area contributed by atoms with Crippen molar-refractivity contribution in [3.8, 4) is 0 Å². The number of unbranched alkanes of at least 4 members (excludes halogenated alkanes) is 19. The Morgan fingerprint density at radius 3 is 1.34 bits per heavy atom. The third-order valence-corrected chi connectivity index (χ3v) is 12.3. The summed E-state index contributed by atoms with van der Waals surface area (Å²) < 4.78 is 33.6. The molecule has 6 N–H and O–H groups in total. The average molecular weight is 941 g/mol. The van der Waals surface area contributed by atoms with Crippen molar-refractivity contribution in [2.75, 3.05) is 13.2 Å². The van der Waals surface area contributed by atoms with E-state index in [0.717, 1.165) is 103 Å². The first-order valence-electron chi connectivity index (χ1n) is 25.1. The van der Waals surface area contributed by atoms with Gasteiger partial charge in [-0.1, -0.05) is 164 Å². The highest BCUT2D eigenvalue weighted by atomic mass is 31.2. The first-order valence-corrected chi connectivity index (χ1v) is 26.6. The van der Waals surface area contributed by atoms with Crippen molar-refractivity contribution >= 4 is 19.8 Å². The number of hydrogen-bond donors (Lipinski definition) is 6. The monoisotopic (exact) mass is 941 g/mol. The normalized spacial score (nSPS) is 21.9. The van der Waals surface area contributed by atoms with Gasteiger partial charge in [0.15, 0.2) is 6.10 Å². The molecule has 1 aliphatic rings. The molecule has 0 aromatic carbocycles. The third kappa shape index (κ3) is 32.8. The highest BCUT2D eigenvalue weighted by Gasteiger charge is 2.51. The molecular formula is C51H89O13P. The Bertz CT molecular complexity index is 1370. The van der Waals surface area contributed by atoms with Crippen molar-refractivity contribution in [3.63, 3.8) is 0 Å². The zero-order chi connectivity index (χ0) is 47.8. The molecule has 6 unspecified atom stereocenters. The van der Waals surface area contributed by atoms with Crippen LogP contribution in [0.2, 0.25) is 0 Å². The van der Waals surface area contributed by atoms with Crippen LogP contribution in [0.3, 0.4) is 0 Å². The molecule has 0 amide bonds. The summed E-state index contributed by atoms with van der Waals surface area (Å²) in [6, 6.07) is 0. The second-order valence-corrected chi connectivity index (χ2v) is 18.7. The molecule has 0 bridgehead atoms. The van der Waals surface area contributed by atoms with Gasteiger partial charge in [-0.3, -0.25) is 18.6 Å². The van der Waals surface area contributed by atoms with Gasteiger partial charge in [0.1, 0.15) is 43.2 Å². The summed E-state index contributed by atoms with van der Waals surface area (Å²) in [7, 11) is -5.13. The molecule has 0 aromatic heterocycles. The number of rotatable bonds is 41. The van der Waals surface area contributed by atoms with Crippen LogP contribution in [0.4, 0.5) is 0 Å². The SMILES string of the molecule is CC/C=C\C/C=C\C/C=C\CCCCCCCCCC(=O)OC(COC(=O)CCCCCCCCCCC/C=C\C/C=C\CCCCC)COP(=O)(O)OC1C(O)C(O)C(O)C(O)C1O. The molecule has 65 heavy (non-hydrogen) atoms. The standard InChI is InChI=1S/C51H89O13P/c1-3-5-7-9-11-13-15-17-19-21-22-24-25-27-29-31-33-35-37-39-44(52)61-41-43(42-62-65(59,60)64-51-49(57)47(55)46(54)48(56)50(51)58)63-45(53)40-38-36-34-32-30-28-26-23-20-18-16-14-12-10-8-6-4-2/h6,8,11-14,17-20,43,46-51,54-58H,3-5,7,9-10,15-16,21-42H2,1-2H3,(H,59,60)/b8-6-,13-11-,14-12-,19-17-,20-18-. The largest absolute Gasteiger partial charge is 0.472 e. The van der Waals surface area contributed by atoms with Crippen molar-refractivity contribution in [2.45, 2.75) is 236 Å². The smallest absolute Gasteiger partial charge is 0.462 e. The number of phosphoric ester groups is 1. The van der Waals surface area contributed by atoms with Crippen LogP contribution in [0.25, 0.3) is 0 Å². The van der Waals surface area contributed by atoms with Crippen LogP contribution < -0.4 is 0 Å². The molecule has 1 saturated carbocycles. The van der Waals surface area contributed by atoms with Gasteiger partial charge in [-0.05, 0) is 77.0 Å². The number of carbonyl (C=O) groups is 2. The molecule has 0 heterocycles. The maximum absolute atomic E-state index is 12.8. The van der Waals surface area contributed by atoms with E-state index in [1.54, 1.807) is 0 Å². The maximum atomic E-state index is 12.8. The second-order valence-electron chi connectivity index (χ2n) is 17.3.